The number of aryl methyl sites for hydroxylation is 2. The molecule has 0 bridgehead atoms. The van der Waals surface area contributed by atoms with E-state index in [1.165, 1.54) is 13.2 Å². The van der Waals surface area contributed by atoms with Gasteiger partial charge in [-0.1, -0.05) is 53.5 Å². The van der Waals surface area contributed by atoms with Crippen LogP contribution in [0.4, 0.5) is 24.7 Å². The van der Waals surface area contributed by atoms with E-state index in [1.807, 2.05) is 18.2 Å². The smallest absolute Gasteiger partial charge is 0.433 e. The lowest BCUT2D eigenvalue weighted by molar-refractivity contribution is -0.141. The molecule has 2 aromatic carbocycles. The lowest BCUT2D eigenvalue weighted by Crippen LogP contribution is -2.44. The summed E-state index contributed by atoms with van der Waals surface area (Å²) in [6, 6.07) is 13.4. The molecule has 2 aliphatic heterocycles. The number of hydrogen-bond donors (Lipinski definition) is 2. The Kier molecular flexibility index (Phi) is 8.42. The highest BCUT2D eigenvalue weighted by atomic mass is 35.5. The molecule has 3 aromatic heterocycles. The fraction of sp³-hybridized carbons (Fsp3) is 0.324. The van der Waals surface area contributed by atoms with Gasteiger partial charge in [0, 0.05) is 60.2 Å². The Balaban J connectivity index is 1.14. The van der Waals surface area contributed by atoms with Crippen molar-refractivity contribution in [3.8, 4) is 28.3 Å². The van der Waals surface area contributed by atoms with E-state index in [2.05, 4.69) is 25.6 Å². The average Bonchev–Trinajstić information content (AvgIpc) is 3.84. The van der Waals surface area contributed by atoms with Crippen LogP contribution in [-0.2, 0) is 24.4 Å². The summed E-state index contributed by atoms with van der Waals surface area (Å²) in [7, 11) is 3.01. The lowest BCUT2D eigenvalue weighted by atomic mass is 9.97. The van der Waals surface area contributed by atoms with Crippen molar-refractivity contribution < 1.29 is 22.7 Å². The molecule has 1 aliphatic carbocycles. The largest absolute Gasteiger partial charge is 0.481 e. The average molecular weight is 751 g/mol. The van der Waals surface area contributed by atoms with E-state index in [-0.39, 0.29) is 44.8 Å². The first-order valence-corrected chi connectivity index (χ1v) is 17.5. The number of carbonyl (C=O) groups excluding carboxylic acids is 1. The molecule has 1 spiro atoms. The number of alkyl halides is 3. The summed E-state index contributed by atoms with van der Waals surface area (Å²) in [6.45, 7) is 1.68. The number of pyridine rings is 2. The molecule has 2 atom stereocenters. The van der Waals surface area contributed by atoms with Crippen LogP contribution in [0, 0.1) is 0 Å². The van der Waals surface area contributed by atoms with Gasteiger partial charge in [-0.05, 0) is 49.4 Å². The summed E-state index contributed by atoms with van der Waals surface area (Å²) < 4.78 is 48.4. The van der Waals surface area contributed by atoms with Crippen LogP contribution in [0.25, 0.3) is 33.2 Å². The number of fused-ring (bicyclic) bond motifs is 2. The Morgan fingerprint density at radius 3 is 2.48 bits per heavy atom. The SMILES string of the molecule is COc1nc(-c2cccc(-c3cccc(Nc4nc(C(F)(F)F)cc5cnn(C)c(=O)c45)c3Cl)c2Cl)cc2c1[C@@H](N1CC[C@@]3(CCC(=O)N3)C1)CC2. The second kappa shape index (κ2) is 12.7. The number of amides is 1. The molecule has 268 valence electrons. The predicted octanol–water partition coefficient (Wildman–Crippen LogP) is 7.48. The minimum Gasteiger partial charge on any atom is -0.481 e. The molecule has 0 radical (unpaired) electrons. The molecular formula is C37H32Cl2F3N7O3. The van der Waals surface area contributed by atoms with Gasteiger partial charge < -0.3 is 15.4 Å². The Morgan fingerprint density at radius 2 is 1.75 bits per heavy atom. The van der Waals surface area contributed by atoms with E-state index >= 15 is 0 Å². The number of methoxy groups -OCH3 is 1. The van der Waals surface area contributed by atoms with Crippen molar-refractivity contribution in [2.75, 3.05) is 25.5 Å². The Bertz CT molecular complexity index is 2350. The Labute approximate surface area is 305 Å². The van der Waals surface area contributed by atoms with E-state index in [0.717, 1.165) is 60.6 Å². The predicted molar refractivity (Wildman–Crippen MR) is 192 cm³/mol. The van der Waals surface area contributed by atoms with E-state index in [1.54, 1.807) is 31.4 Å². The van der Waals surface area contributed by atoms with Gasteiger partial charge in [0.15, 0.2) is 0 Å². The van der Waals surface area contributed by atoms with Crippen LogP contribution in [0.5, 0.6) is 5.88 Å². The Morgan fingerprint density at radius 1 is 1.00 bits per heavy atom. The molecule has 0 unspecified atom stereocenters. The van der Waals surface area contributed by atoms with Crippen molar-refractivity contribution >= 4 is 51.4 Å². The molecule has 0 saturated carbocycles. The monoisotopic (exact) mass is 749 g/mol. The fourth-order valence-corrected chi connectivity index (χ4v) is 8.48. The van der Waals surface area contributed by atoms with Crippen LogP contribution in [0.3, 0.4) is 0 Å². The minimum absolute atomic E-state index is 0.0220. The van der Waals surface area contributed by atoms with Crippen molar-refractivity contribution in [2.24, 2.45) is 7.05 Å². The topological polar surface area (TPSA) is 114 Å². The van der Waals surface area contributed by atoms with Gasteiger partial charge in [-0.25, -0.2) is 14.6 Å². The van der Waals surface area contributed by atoms with Gasteiger partial charge in [0.05, 0.1) is 45.7 Å². The zero-order valence-corrected chi connectivity index (χ0v) is 29.6. The van der Waals surface area contributed by atoms with E-state index < -0.39 is 17.4 Å². The molecule has 8 rings (SSSR count). The first kappa shape index (κ1) is 34.4. The molecule has 2 fully saturated rings. The maximum atomic E-state index is 13.8. The highest BCUT2D eigenvalue weighted by molar-refractivity contribution is 6.39. The lowest BCUT2D eigenvalue weighted by Gasteiger charge is -2.28. The maximum absolute atomic E-state index is 13.8. The van der Waals surface area contributed by atoms with Gasteiger partial charge in [0.25, 0.3) is 5.56 Å². The summed E-state index contributed by atoms with van der Waals surface area (Å²) in [5.41, 5.74) is 2.77. The third-order valence-electron chi connectivity index (χ3n) is 10.4. The summed E-state index contributed by atoms with van der Waals surface area (Å²) >= 11 is 14.1. The van der Waals surface area contributed by atoms with Crippen molar-refractivity contribution in [3.05, 3.63) is 91.9 Å². The third kappa shape index (κ3) is 5.84. The number of carbonyl (C=O) groups is 1. The molecule has 5 aromatic rings. The molecule has 52 heavy (non-hydrogen) atoms. The van der Waals surface area contributed by atoms with Gasteiger partial charge in [-0.15, -0.1) is 0 Å². The number of ether oxygens (including phenoxy) is 1. The number of likely N-dealkylation sites (tertiary alicyclic amines) is 1. The number of nitrogens with one attached hydrogen (secondary N) is 2. The van der Waals surface area contributed by atoms with Crippen LogP contribution in [-0.4, -0.2) is 56.3 Å². The quantitative estimate of drug-likeness (QED) is 0.184. The number of rotatable bonds is 6. The number of hydrogen-bond acceptors (Lipinski definition) is 8. The van der Waals surface area contributed by atoms with E-state index in [0.29, 0.717) is 39.7 Å². The van der Waals surface area contributed by atoms with Crippen molar-refractivity contribution in [3.63, 3.8) is 0 Å². The number of halogens is 5. The third-order valence-corrected chi connectivity index (χ3v) is 11.2. The summed E-state index contributed by atoms with van der Waals surface area (Å²) in [4.78, 5) is 36.2. The van der Waals surface area contributed by atoms with Gasteiger partial charge in [0.2, 0.25) is 11.8 Å². The van der Waals surface area contributed by atoms with Crippen LogP contribution >= 0.6 is 23.2 Å². The highest BCUT2D eigenvalue weighted by Gasteiger charge is 2.46. The summed E-state index contributed by atoms with van der Waals surface area (Å²) in [6.07, 6.45) is 0.486. The molecule has 3 aliphatic rings. The molecule has 15 heteroatoms. The normalized spacial score (nSPS) is 20.1. The van der Waals surface area contributed by atoms with Gasteiger partial charge in [-0.2, -0.15) is 18.3 Å². The molecule has 5 heterocycles. The van der Waals surface area contributed by atoms with Crippen LogP contribution < -0.4 is 20.9 Å². The summed E-state index contributed by atoms with van der Waals surface area (Å²) in [5, 5.41) is 10.4. The second-order valence-electron chi connectivity index (χ2n) is 13.5. The number of anilines is 2. The van der Waals surface area contributed by atoms with Crippen molar-refractivity contribution in [1.82, 2.24) is 30.0 Å². The summed E-state index contributed by atoms with van der Waals surface area (Å²) in [5.74, 6) is 0.336. The number of nitrogens with zero attached hydrogens (tertiary/aromatic N) is 5. The van der Waals surface area contributed by atoms with Gasteiger partial charge in [-0.3, -0.25) is 14.5 Å². The van der Waals surface area contributed by atoms with E-state index in [4.69, 9.17) is 32.9 Å². The fourth-order valence-electron chi connectivity index (χ4n) is 7.88. The van der Waals surface area contributed by atoms with Crippen LogP contribution in [0.15, 0.2) is 59.5 Å². The molecular weight excluding hydrogens is 718 g/mol. The van der Waals surface area contributed by atoms with Gasteiger partial charge >= 0.3 is 6.18 Å². The first-order valence-electron chi connectivity index (χ1n) is 16.8. The molecule has 10 nitrogen and oxygen atoms in total. The van der Waals surface area contributed by atoms with Crippen molar-refractivity contribution in [2.45, 2.75) is 49.9 Å². The van der Waals surface area contributed by atoms with Gasteiger partial charge in [0.1, 0.15) is 11.5 Å². The molecule has 1 amide bonds. The first-order chi connectivity index (χ1) is 24.9. The standard InChI is InChI=1S/C37H32Cl2F3N7O3/c1-48-35(51)30-20(17-43-48)16-27(37(40,41)42)46-33(30)44-24-8-4-6-22(32(24)39)21-5-3-7-23(31(21)38)25-15-19-9-10-26(29(19)34(45-25)52-2)49-14-13-36(18-49)12-11-28(50)47-36/h3-8,15-17,26H,9-14,18H2,1-2H3,(H,44,46)(H,47,50)/t26-,36-/m0/s1. The molecule has 2 saturated heterocycles. The second-order valence-corrected chi connectivity index (χ2v) is 14.3. The Hall–Kier alpha value is -4.72. The minimum atomic E-state index is -4.77. The highest BCUT2D eigenvalue weighted by Crippen LogP contribution is 2.47. The zero-order chi connectivity index (χ0) is 36.5. The van der Waals surface area contributed by atoms with Crippen LogP contribution in [0.1, 0.15) is 48.5 Å². The maximum Gasteiger partial charge on any atom is 0.433 e. The number of benzene rings is 2. The molecule has 2 N–H and O–H groups in total. The number of aromatic nitrogens is 4. The van der Waals surface area contributed by atoms with Crippen molar-refractivity contribution in [1.29, 1.82) is 0 Å². The van der Waals surface area contributed by atoms with Crippen LogP contribution in [0.2, 0.25) is 10.0 Å². The zero-order valence-electron chi connectivity index (χ0n) is 28.1. The van der Waals surface area contributed by atoms with E-state index in [9.17, 15) is 22.8 Å².